The number of unbranched alkanes of at least 4 members (excludes halogenated alkanes) is 1. The van der Waals surface area contributed by atoms with Crippen LogP contribution in [0.15, 0.2) is 12.8 Å². The van der Waals surface area contributed by atoms with E-state index in [2.05, 4.69) is 16.1 Å². The number of hydrogen-bond acceptors (Lipinski definition) is 3. The molecule has 0 saturated heterocycles. The van der Waals surface area contributed by atoms with Gasteiger partial charge in [-0.15, -0.1) is 0 Å². The molecule has 158 valence electrons. The third kappa shape index (κ3) is 2.73. The average molecular weight is 424 g/mol. The number of rotatable bonds is 7. The lowest BCUT2D eigenvalue weighted by Crippen LogP contribution is -2.69. The topological polar surface area (TPSA) is 35.5 Å². The van der Waals surface area contributed by atoms with Gasteiger partial charge in [-0.05, 0) is 12.8 Å². The number of hydrogen-bond donors (Lipinski definition) is 0. The summed E-state index contributed by atoms with van der Waals surface area (Å²) in [5, 5.41) is 0. The van der Waals surface area contributed by atoms with E-state index in [1.807, 2.05) is 0 Å². The maximum atomic E-state index is 14.3. The lowest BCUT2D eigenvalue weighted by atomic mass is 9.85. The van der Waals surface area contributed by atoms with E-state index in [4.69, 9.17) is 0 Å². The van der Waals surface area contributed by atoms with E-state index in [1.54, 1.807) is 0 Å². The number of esters is 1. The van der Waals surface area contributed by atoms with Crippen molar-refractivity contribution in [2.75, 3.05) is 13.2 Å². The minimum absolute atomic E-state index is 0.0681. The number of ether oxygens (including phenoxy) is 2. The van der Waals surface area contributed by atoms with Gasteiger partial charge in [-0.25, -0.2) is 13.6 Å². The standard InChI is InChI=1S/C13H11F11O3/c1-2-26-5-3-4-6-27-7(25)8(14)9(15,13(22,23)24)11(18,19)12(20,21)10(8,16)17/h2H,1,3-6H2. The Bertz CT molecular complexity index is 589. The highest BCUT2D eigenvalue weighted by molar-refractivity contribution is 5.85. The summed E-state index contributed by atoms with van der Waals surface area (Å²) in [6.45, 7) is 1.84. The number of carbonyl (C=O) groups is 1. The van der Waals surface area contributed by atoms with Gasteiger partial charge in [0.1, 0.15) is 0 Å². The van der Waals surface area contributed by atoms with E-state index in [1.165, 1.54) is 0 Å². The molecule has 0 spiro atoms. The van der Waals surface area contributed by atoms with Crippen molar-refractivity contribution in [1.82, 2.24) is 0 Å². The normalized spacial score (nSPS) is 31.4. The van der Waals surface area contributed by atoms with Crippen LogP contribution in [0.25, 0.3) is 0 Å². The molecule has 0 N–H and O–H groups in total. The predicted octanol–water partition coefficient (Wildman–Crippen LogP) is 4.37. The molecule has 1 fully saturated rings. The Morgan fingerprint density at radius 1 is 0.852 bits per heavy atom. The zero-order valence-electron chi connectivity index (χ0n) is 13.0. The van der Waals surface area contributed by atoms with Gasteiger partial charge >= 0.3 is 41.3 Å². The van der Waals surface area contributed by atoms with Gasteiger partial charge in [0, 0.05) is 0 Å². The van der Waals surface area contributed by atoms with Gasteiger partial charge < -0.3 is 9.47 Å². The third-order valence-electron chi connectivity index (χ3n) is 3.81. The van der Waals surface area contributed by atoms with Gasteiger partial charge in [0.05, 0.1) is 19.5 Å². The van der Waals surface area contributed by atoms with Crippen LogP contribution in [0, 0.1) is 0 Å². The van der Waals surface area contributed by atoms with E-state index >= 15 is 0 Å². The monoisotopic (exact) mass is 424 g/mol. The van der Waals surface area contributed by atoms with Crippen LogP contribution >= 0.6 is 0 Å². The lowest BCUT2D eigenvalue weighted by Gasteiger charge is -2.35. The molecule has 1 rings (SSSR count). The molecule has 2 atom stereocenters. The molecule has 27 heavy (non-hydrogen) atoms. The van der Waals surface area contributed by atoms with Crippen LogP contribution in [0.1, 0.15) is 12.8 Å². The van der Waals surface area contributed by atoms with Gasteiger partial charge in [-0.2, -0.15) is 39.5 Å². The van der Waals surface area contributed by atoms with Gasteiger partial charge in [-0.1, -0.05) is 6.58 Å². The fraction of sp³-hybridized carbons (Fsp3) is 0.769. The van der Waals surface area contributed by atoms with E-state index in [9.17, 15) is 53.1 Å². The van der Waals surface area contributed by atoms with Crippen LogP contribution in [-0.4, -0.2) is 54.5 Å². The van der Waals surface area contributed by atoms with Crippen molar-refractivity contribution in [3.05, 3.63) is 12.8 Å². The smallest absolute Gasteiger partial charge is 0.432 e. The molecule has 1 aliphatic carbocycles. The molecule has 0 aromatic rings. The first-order valence-electron chi connectivity index (χ1n) is 6.96. The second-order valence-electron chi connectivity index (χ2n) is 5.42. The van der Waals surface area contributed by atoms with Gasteiger partial charge in [0.15, 0.2) is 0 Å². The summed E-state index contributed by atoms with van der Waals surface area (Å²) in [6, 6.07) is 0. The zero-order valence-corrected chi connectivity index (χ0v) is 13.0. The molecule has 14 heteroatoms. The average Bonchev–Trinajstić information content (AvgIpc) is 2.59. The highest BCUT2D eigenvalue weighted by Gasteiger charge is 3.07. The molecule has 1 aliphatic rings. The van der Waals surface area contributed by atoms with E-state index in [0.717, 1.165) is 6.26 Å². The van der Waals surface area contributed by atoms with Crippen molar-refractivity contribution in [3.63, 3.8) is 0 Å². The minimum Gasteiger partial charge on any atom is -0.502 e. The number of alkyl halides is 11. The van der Waals surface area contributed by atoms with Crippen LogP contribution in [0.5, 0.6) is 0 Å². The van der Waals surface area contributed by atoms with Crippen molar-refractivity contribution >= 4 is 5.97 Å². The first-order valence-corrected chi connectivity index (χ1v) is 6.96. The van der Waals surface area contributed by atoms with Gasteiger partial charge in [-0.3, -0.25) is 0 Å². The molecular formula is C13H11F11O3. The maximum Gasteiger partial charge on any atom is 0.432 e. The summed E-state index contributed by atoms with van der Waals surface area (Å²) in [5.41, 5.74) is -14.0. The Hall–Kier alpha value is -1.76. The second-order valence-corrected chi connectivity index (χ2v) is 5.42. The van der Waals surface area contributed by atoms with Gasteiger partial charge in [0.2, 0.25) is 0 Å². The lowest BCUT2D eigenvalue weighted by molar-refractivity contribution is -0.343. The Balaban J connectivity index is 3.30. The van der Waals surface area contributed by atoms with E-state index in [0.29, 0.717) is 0 Å². The summed E-state index contributed by atoms with van der Waals surface area (Å²) in [7, 11) is 0. The van der Waals surface area contributed by atoms with E-state index in [-0.39, 0.29) is 19.4 Å². The molecule has 0 aromatic heterocycles. The van der Waals surface area contributed by atoms with Crippen molar-refractivity contribution in [2.45, 2.75) is 48.1 Å². The largest absolute Gasteiger partial charge is 0.502 e. The van der Waals surface area contributed by atoms with Crippen molar-refractivity contribution in [2.24, 2.45) is 0 Å². The first kappa shape index (κ1) is 23.3. The Morgan fingerprint density at radius 2 is 1.33 bits per heavy atom. The zero-order chi connectivity index (χ0) is 21.5. The van der Waals surface area contributed by atoms with Gasteiger partial charge in [0.25, 0.3) is 0 Å². The molecule has 3 nitrogen and oxygen atoms in total. The SMILES string of the molecule is C=COCCCCOC(=O)C1(F)C(F)(F)C(F)(F)C(F)(F)C1(F)C(F)(F)F. The van der Waals surface area contributed by atoms with Crippen LogP contribution in [0.3, 0.4) is 0 Å². The highest BCUT2D eigenvalue weighted by atomic mass is 19.4. The van der Waals surface area contributed by atoms with E-state index < -0.39 is 47.9 Å². The quantitative estimate of drug-likeness (QED) is 0.264. The first-order chi connectivity index (χ1) is 12.0. The fourth-order valence-electron chi connectivity index (χ4n) is 2.34. The molecule has 0 aliphatic heterocycles. The highest BCUT2D eigenvalue weighted by Crippen LogP contribution is 2.72. The van der Waals surface area contributed by atoms with Crippen LogP contribution in [0.2, 0.25) is 0 Å². The van der Waals surface area contributed by atoms with Crippen LogP contribution in [-0.2, 0) is 14.3 Å². The molecular weight excluding hydrogens is 413 g/mol. The molecule has 2 unspecified atom stereocenters. The molecule has 0 bridgehead atoms. The Labute approximate surface area is 144 Å². The van der Waals surface area contributed by atoms with Crippen LogP contribution < -0.4 is 0 Å². The summed E-state index contributed by atoms with van der Waals surface area (Å²) >= 11 is 0. The van der Waals surface area contributed by atoms with Crippen molar-refractivity contribution in [3.8, 4) is 0 Å². The van der Waals surface area contributed by atoms with Crippen molar-refractivity contribution < 1.29 is 62.6 Å². The number of halogens is 11. The Kier molecular flexibility index (Phi) is 5.77. The maximum absolute atomic E-state index is 14.3. The minimum atomic E-state index is -7.31. The summed E-state index contributed by atoms with van der Waals surface area (Å²) in [4.78, 5) is 11.4. The molecule has 0 aromatic carbocycles. The molecule has 1 saturated carbocycles. The summed E-state index contributed by atoms with van der Waals surface area (Å²) in [6.07, 6.45) is -6.82. The number of carbonyl (C=O) groups excluding carboxylic acids is 1. The van der Waals surface area contributed by atoms with Crippen LogP contribution in [0.4, 0.5) is 48.3 Å². The molecule has 0 amide bonds. The third-order valence-corrected chi connectivity index (χ3v) is 3.81. The van der Waals surface area contributed by atoms with Crippen molar-refractivity contribution in [1.29, 1.82) is 0 Å². The summed E-state index contributed by atoms with van der Waals surface area (Å²) < 4.78 is 155. The summed E-state index contributed by atoms with van der Waals surface area (Å²) in [5.74, 6) is -25.1. The fourth-order valence-corrected chi connectivity index (χ4v) is 2.34. The predicted molar refractivity (Wildman–Crippen MR) is 64.9 cm³/mol. The second kappa shape index (κ2) is 6.69. The Morgan fingerprint density at radius 3 is 1.78 bits per heavy atom. The molecule has 0 radical (unpaired) electrons. The molecule has 0 heterocycles.